The minimum Gasteiger partial charge on any atom is -0.465 e. The number of nitrogens with zero attached hydrogens (tertiary/aromatic N) is 4. The Morgan fingerprint density at radius 2 is 1.93 bits per heavy atom. The first-order valence-electron chi connectivity index (χ1n) is 8.33. The third-order valence-corrected chi connectivity index (χ3v) is 4.32. The summed E-state index contributed by atoms with van der Waals surface area (Å²) < 4.78 is 6.67. The van der Waals surface area contributed by atoms with Crippen molar-refractivity contribution in [3.8, 4) is 22.5 Å². The molecule has 0 aliphatic carbocycles. The van der Waals surface area contributed by atoms with E-state index in [1.807, 2.05) is 37.3 Å². The van der Waals surface area contributed by atoms with Gasteiger partial charge in [-0.3, -0.25) is 4.98 Å². The van der Waals surface area contributed by atoms with Gasteiger partial charge in [0, 0.05) is 40.5 Å². The molecule has 0 saturated heterocycles. The predicted molar refractivity (Wildman–Crippen MR) is 102 cm³/mol. The lowest BCUT2D eigenvalue weighted by atomic mass is 10.0. The van der Waals surface area contributed by atoms with E-state index in [2.05, 4.69) is 15.1 Å². The van der Waals surface area contributed by atoms with Gasteiger partial charge in [0.1, 0.15) is 5.56 Å². The van der Waals surface area contributed by atoms with Gasteiger partial charge in [-0.25, -0.2) is 14.3 Å². The largest absolute Gasteiger partial charge is 0.465 e. The average Bonchev–Trinajstić information content (AvgIpc) is 3.14. The Labute approximate surface area is 155 Å². The van der Waals surface area contributed by atoms with Crippen LogP contribution in [0.15, 0.2) is 54.9 Å². The van der Waals surface area contributed by atoms with Crippen molar-refractivity contribution in [3.63, 3.8) is 0 Å². The first kappa shape index (κ1) is 16.7. The van der Waals surface area contributed by atoms with Crippen LogP contribution < -0.4 is 5.73 Å². The Balaban J connectivity index is 2.01. The van der Waals surface area contributed by atoms with Gasteiger partial charge in [0.15, 0.2) is 11.5 Å². The number of pyridine rings is 2. The number of methoxy groups -OCH3 is 1. The summed E-state index contributed by atoms with van der Waals surface area (Å²) in [5.41, 5.74) is 10.4. The van der Waals surface area contributed by atoms with E-state index < -0.39 is 5.97 Å². The number of aromatic nitrogens is 4. The molecule has 4 aromatic rings. The SMILES string of the molecule is COC(=O)c1c(-c2cccnc2)cc(C)n2nc(-c3ccc(N)cc3)nc12. The number of aryl methyl sites for hydroxylation is 1. The van der Waals surface area contributed by atoms with Crippen molar-refractivity contribution in [3.05, 3.63) is 66.1 Å². The van der Waals surface area contributed by atoms with Gasteiger partial charge in [-0.05, 0) is 43.3 Å². The van der Waals surface area contributed by atoms with Crippen molar-refractivity contribution < 1.29 is 9.53 Å². The molecule has 0 spiro atoms. The van der Waals surface area contributed by atoms with Gasteiger partial charge in [-0.15, -0.1) is 5.10 Å². The molecule has 27 heavy (non-hydrogen) atoms. The minimum atomic E-state index is -0.477. The van der Waals surface area contributed by atoms with Crippen LogP contribution >= 0.6 is 0 Å². The van der Waals surface area contributed by atoms with E-state index >= 15 is 0 Å². The van der Waals surface area contributed by atoms with Crippen LogP contribution in [0.5, 0.6) is 0 Å². The third kappa shape index (κ3) is 2.89. The van der Waals surface area contributed by atoms with Crippen molar-refractivity contribution in [1.29, 1.82) is 0 Å². The van der Waals surface area contributed by atoms with E-state index in [0.717, 1.165) is 16.8 Å². The summed E-state index contributed by atoms with van der Waals surface area (Å²) >= 11 is 0. The molecule has 1 aromatic carbocycles. The zero-order valence-electron chi connectivity index (χ0n) is 14.9. The number of carbonyl (C=O) groups excluding carboxylic acids is 1. The molecule has 2 N–H and O–H groups in total. The number of hydrogen-bond acceptors (Lipinski definition) is 6. The van der Waals surface area contributed by atoms with Crippen molar-refractivity contribution in [1.82, 2.24) is 19.6 Å². The highest BCUT2D eigenvalue weighted by Crippen LogP contribution is 2.29. The Hall–Kier alpha value is -3.74. The van der Waals surface area contributed by atoms with Crippen LogP contribution in [-0.2, 0) is 4.74 Å². The lowest BCUT2D eigenvalue weighted by molar-refractivity contribution is 0.0603. The first-order chi connectivity index (χ1) is 13.1. The lowest BCUT2D eigenvalue weighted by Gasteiger charge is -2.10. The number of hydrogen-bond donors (Lipinski definition) is 1. The predicted octanol–water partition coefficient (Wildman–Crippen LogP) is 3.14. The summed E-state index contributed by atoms with van der Waals surface area (Å²) in [5, 5.41) is 4.57. The number of benzene rings is 1. The highest BCUT2D eigenvalue weighted by atomic mass is 16.5. The second-order valence-electron chi connectivity index (χ2n) is 6.10. The zero-order valence-corrected chi connectivity index (χ0v) is 14.9. The third-order valence-electron chi connectivity index (χ3n) is 4.32. The molecule has 3 aromatic heterocycles. The molecule has 0 radical (unpaired) electrons. The second-order valence-corrected chi connectivity index (χ2v) is 6.10. The van der Waals surface area contributed by atoms with Gasteiger partial charge in [-0.1, -0.05) is 6.07 Å². The minimum absolute atomic E-state index is 0.352. The van der Waals surface area contributed by atoms with E-state index in [-0.39, 0.29) is 0 Å². The molecule has 0 fully saturated rings. The highest BCUT2D eigenvalue weighted by Gasteiger charge is 2.23. The average molecular weight is 359 g/mol. The molecule has 0 aliphatic rings. The molecule has 0 saturated carbocycles. The fourth-order valence-electron chi connectivity index (χ4n) is 2.99. The van der Waals surface area contributed by atoms with E-state index in [0.29, 0.717) is 28.3 Å². The molecule has 134 valence electrons. The number of anilines is 1. The number of nitrogens with two attached hydrogens (primary N) is 1. The topological polar surface area (TPSA) is 95.4 Å². The second kappa shape index (κ2) is 6.53. The van der Waals surface area contributed by atoms with Gasteiger partial charge in [0.2, 0.25) is 0 Å². The summed E-state index contributed by atoms with van der Waals surface area (Å²) in [6.45, 7) is 1.91. The van der Waals surface area contributed by atoms with Crippen LogP contribution in [0.25, 0.3) is 28.2 Å². The molecular formula is C20H17N5O2. The summed E-state index contributed by atoms with van der Waals surface area (Å²) in [7, 11) is 1.35. The number of esters is 1. The summed E-state index contributed by atoms with van der Waals surface area (Å²) in [5.74, 6) is 0.0294. The number of ether oxygens (including phenoxy) is 1. The van der Waals surface area contributed by atoms with Crippen LogP contribution in [-0.4, -0.2) is 32.7 Å². The van der Waals surface area contributed by atoms with Crippen LogP contribution in [0.4, 0.5) is 5.69 Å². The fraction of sp³-hybridized carbons (Fsp3) is 0.100. The molecule has 7 heteroatoms. The molecule has 0 unspecified atom stereocenters. The van der Waals surface area contributed by atoms with E-state index in [1.165, 1.54) is 7.11 Å². The van der Waals surface area contributed by atoms with Gasteiger partial charge in [-0.2, -0.15) is 0 Å². The standard InChI is InChI=1S/C20H17N5O2/c1-12-10-16(14-4-3-9-22-11-14)17(20(26)27-2)19-23-18(24-25(12)19)13-5-7-15(21)8-6-13/h3-11H,21H2,1-2H3. The monoisotopic (exact) mass is 359 g/mol. The summed E-state index contributed by atoms with van der Waals surface area (Å²) in [6.07, 6.45) is 3.39. The van der Waals surface area contributed by atoms with Crippen LogP contribution in [0, 0.1) is 6.92 Å². The Kier molecular flexibility index (Phi) is 4.04. The Bertz CT molecular complexity index is 1130. The maximum atomic E-state index is 12.6. The summed E-state index contributed by atoms with van der Waals surface area (Å²) in [4.78, 5) is 21.4. The van der Waals surface area contributed by atoms with Gasteiger partial charge in [0.05, 0.1) is 7.11 Å². The molecule has 3 heterocycles. The van der Waals surface area contributed by atoms with Crippen LogP contribution in [0.1, 0.15) is 16.1 Å². The lowest BCUT2D eigenvalue weighted by Crippen LogP contribution is -2.09. The van der Waals surface area contributed by atoms with E-state index in [1.54, 1.807) is 29.0 Å². The molecule has 0 atom stereocenters. The number of rotatable bonds is 3. The molecule has 7 nitrogen and oxygen atoms in total. The molecule has 4 rings (SSSR count). The molecular weight excluding hydrogens is 342 g/mol. The quantitative estimate of drug-likeness (QED) is 0.446. The molecule has 0 bridgehead atoms. The van der Waals surface area contributed by atoms with Crippen molar-refractivity contribution in [2.45, 2.75) is 6.92 Å². The maximum absolute atomic E-state index is 12.6. The molecule has 0 amide bonds. The smallest absolute Gasteiger partial charge is 0.342 e. The van der Waals surface area contributed by atoms with E-state index in [4.69, 9.17) is 10.5 Å². The fourth-order valence-corrected chi connectivity index (χ4v) is 2.99. The summed E-state index contributed by atoms with van der Waals surface area (Å²) in [6, 6.07) is 12.9. The van der Waals surface area contributed by atoms with Crippen LogP contribution in [0.2, 0.25) is 0 Å². The Morgan fingerprint density at radius 1 is 1.15 bits per heavy atom. The zero-order chi connectivity index (χ0) is 19.0. The van der Waals surface area contributed by atoms with Crippen molar-refractivity contribution >= 4 is 17.3 Å². The van der Waals surface area contributed by atoms with Gasteiger partial charge in [0.25, 0.3) is 0 Å². The van der Waals surface area contributed by atoms with Crippen molar-refractivity contribution in [2.24, 2.45) is 0 Å². The van der Waals surface area contributed by atoms with Gasteiger partial charge >= 0.3 is 5.97 Å². The first-order valence-corrected chi connectivity index (χ1v) is 8.33. The number of carbonyl (C=O) groups is 1. The molecule has 0 aliphatic heterocycles. The van der Waals surface area contributed by atoms with Crippen LogP contribution in [0.3, 0.4) is 0 Å². The Morgan fingerprint density at radius 3 is 2.59 bits per heavy atom. The van der Waals surface area contributed by atoms with Gasteiger partial charge < -0.3 is 10.5 Å². The maximum Gasteiger partial charge on any atom is 0.342 e. The normalized spacial score (nSPS) is 10.9. The van der Waals surface area contributed by atoms with E-state index in [9.17, 15) is 4.79 Å². The number of nitrogen functional groups attached to an aromatic ring is 1. The van der Waals surface area contributed by atoms with Crippen molar-refractivity contribution in [2.75, 3.05) is 12.8 Å². The number of fused-ring (bicyclic) bond motifs is 1. The highest BCUT2D eigenvalue weighted by molar-refractivity contribution is 6.03.